The average Bonchev–Trinajstić information content (AvgIpc) is 2.86. The molecule has 0 saturated carbocycles. The van der Waals surface area contributed by atoms with Crippen molar-refractivity contribution in [1.82, 2.24) is 19.7 Å². The molecule has 1 aromatic heterocycles. The lowest BCUT2D eigenvalue weighted by molar-refractivity contribution is -0.152. The topological polar surface area (TPSA) is 88.3 Å². The number of aryl methyl sites for hydroxylation is 1. The second-order valence-corrected chi connectivity index (χ2v) is 6.91. The molecular weight excluding hydrogens is 304 g/mol. The highest BCUT2D eigenvalue weighted by Gasteiger charge is 2.37. The minimum absolute atomic E-state index is 0.139. The molecule has 1 aliphatic rings. The third kappa shape index (κ3) is 3.43. The molecule has 1 N–H and O–H groups in total. The number of aromatic nitrogens is 3. The van der Waals surface area contributed by atoms with E-state index < -0.39 is 12.0 Å². The minimum atomic E-state index is -0.988. The Morgan fingerprint density at radius 2 is 2.18 bits per heavy atom. The number of rotatable bonds is 6. The fourth-order valence-electron chi connectivity index (χ4n) is 2.47. The summed E-state index contributed by atoms with van der Waals surface area (Å²) in [6, 6.07) is -0.857. The van der Waals surface area contributed by atoms with Gasteiger partial charge in [-0.15, -0.1) is 22.0 Å². The smallest absolute Gasteiger partial charge is 0.328 e. The number of amides is 1. The van der Waals surface area contributed by atoms with Gasteiger partial charge in [-0.3, -0.25) is 4.79 Å². The highest BCUT2D eigenvalue weighted by molar-refractivity contribution is 8.00. The molecule has 22 heavy (non-hydrogen) atoms. The van der Waals surface area contributed by atoms with Crippen molar-refractivity contribution in [1.29, 1.82) is 0 Å². The Labute approximate surface area is 134 Å². The van der Waals surface area contributed by atoms with Gasteiger partial charge in [-0.1, -0.05) is 13.3 Å². The van der Waals surface area contributed by atoms with Crippen molar-refractivity contribution in [2.45, 2.75) is 58.0 Å². The first-order valence-corrected chi connectivity index (χ1v) is 8.54. The Kier molecular flexibility index (Phi) is 5.44. The third-order valence-corrected chi connectivity index (χ3v) is 5.06. The monoisotopic (exact) mass is 326 g/mol. The summed E-state index contributed by atoms with van der Waals surface area (Å²) in [5.41, 5.74) is 0. The molecule has 2 rings (SSSR count). The van der Waals surface area contributed by atoms with Crippen LogP contribution in [0.2, 0.25) is 0 Å². The Morgan fingerprint density at radius 1 is 1.45 bits per heavy atom. The number of aliphatic carboxylic acids is 1. The van der Waals surface area contributed by atoms with Crippen LogP contribution in [0.25, 0.3) is 0 Å². The van der Waals surface area contributed by atoms with Gasteiger partial charge in [-0.05, 0) is 26.0 Å². The molecule has 2 atom stereocenters. The van der Waals surface area contributed by atoms with E-state index in [-0.39, 0.29) is 24.2 Å². The maximum Gasteiger partial charge on any atom is 0.328 e. The summed E-state index contributed by atoms with van der Waals surface area (Å²) >= 11 is 1.58. The van der Waals surface area contributed by atoms with Gasteiger partial charge in [0.05, 0.1) is 18.3 Å². The van der Waals surface area contributed by atoms with E-state index in [0.717, 1.165) is 18.6 Å². The predicted molar refractivity (Wildman–Crippen MR) is 83.6 cm³/mol. The molecule has 0 radical (unpaired) electrons. The summed E-state index contributed by atoms with van der Waals surface area (Å²) in [7, 11) is 0. The van der Waals surface area contributed by atoms with Crippen molar-refractivity contribution in [3.8, 4) is 0 Å². The lowest BCUT2D eigenvalue weighted by atomic mass is 10.1. The van der Waals surface area contributed by atoms with Crippen molar-refractivity contribution < 1.29 is 14.7 Å². The number of thioether (sulfide) groups is 1. The molecule has 122 valence electrons. The van der Waals surface area contributed by atoms with E-state index in [1.165, 1.54) is 4.90 Å². The molecule has 1 aromatic rings. The molecule has 0 aromatic carbocycles. The van der Waals surface area contributed by atoms with Crippen LogP contribution in [0.1, 0.15) is 38.3 Å². The van der Waals surface area contributed by atoms with Crippen molar-refractivity contribution >= 4 is 23.6 Å². The summed E-state index contributed by atoms with van der Waals surface area (Å²) < 4.78 is 1.78. The zero-order valence-corrected chi connectivity index (χ0v) is 14.0. The number of unbranched alkanes of at least 4 members (excludes halogenated alkanes) is 1. The van der Waals surface area contributed by atoms with Crippen molar-refractivity contribution in [2.24, 2.45) is 0 Å². The standard InChI is InChI=1S/C14H22N4O3S/c1-4-5-6-22-9(2)13(19)18-8-12-16-15-10(3)17(12)7-11(18)14(20)21/h9,11H,4-8H2,1-3H3,(H,20,21). The van der Waals surface area contributed by atoms with Crippen LogP contribution in [0.15, 0.2) is 0 Å². The number of carboxylic acids is 1. The Morgan fingerprint density at radius 3 is 2.82 bits per heavy atom. The molecule has 0 fully saturated rings. The molecule has 1 aliphatic heterocycles. The fourth-order valence-corrected chi connectivity index (χ4v) is 3.55. The summed E-state index contributed by atoms with van der Waals surface area (Å²) in [6.45, 7) is 6.15. The van der Waals surface area contributed by atoms with Crippen LogP contribution in [0.3, 0.4) is 0 Å². The van der Waals surface area contributed by atoms with Crippen LogP contribution in [-0.2, 0) is 22.7 Å². The van der Waals surface area contributed by atoms with Crippen molar-refractivity contribution in [2.75, 3.05) is 5.75 Å². The number of hydrogen-bond donors (Lipinski definition) is 1. The van der Waals surface area contributed by atoms with Crippen LogP contribution in [0, 0.1) is 6.92 Å². The first-order valence-electron chi connectivity index (χ1n) is 7.49. The van der Waals surface area contributed by atoms with E-state index in [1.807, 2.05) is 6.92 Å². The van der Waals surface area contributed by atoms with Gasteiger partial charge < -0.3 is 14.6 Å². The van der Waals surface area contributed by atoms with Crippen LogP contribution in [0.5, 0.6) is 0 Å². The third-order valence-electron chi connectivity index (χ3n) is 3.84. The number of fused-ring (bicyclic) bond motifs is 1. The maximum atomic E-state index is 12.6. The zero-order chi connectivity index (χ0) is 16.3. The molecule has 1 amide bonds. The van der Waals surface area contributed by atoms with Gasteiger partial charge in [0, 0.05) is 0 Å². The van der Waals surface area contributed by atoms with Crippen LogP contribution >= 0.6 is 11.8 Å². The first-order chi connectivity index (χ1) is 10.5. The SMILES string of the molecule is CCCCSC(C)C(=O)N1Cc2nnc(C)n2CC1C(=O)O. The van der Waals surface area contributed by atoms with Crippen LogP contribution in [0.4, 0.5) is 0 Å². The second kappa shape index (κ2) is 7.13. The van der Waals surface area contributed by atoms with Crippen LogP contribution < -0.4 is 0 Å². The van der Waals surface area contributed by atoms with Gasteiger partial charge in [0.2, 0.25) is 5.91 Å². The Hall–Kier alpha value is -1.57. The number of carbonyl (C=O) groups excluding carboxylic acids is 1. The lowest BCUT2D eigenvalue weighted by Crippen LogP contribution is -2.52. The highest BCUT2D eigenvalue weighted by atomic mass is 32.2. The normalized spacial score (nSPS) is 18.9. The molecule has 0 bridgehead atoms. The molecular formula is C14H22N4O3S. The van der Waals surface area contributed by atoms with Gasteiger partial charge in [-0.2, -0.15) is 0 Å². The van der Waals surface area contributed by atoms with E-state index in [9.17, 15) is 14.7 Å². The van der Waals surface area contributed by atoms with E-state index in [4.69, 9.17) is 0 Å². The quantitative estimate of drug-likeness (QED) is 0.793. The minimum Gasteiger partial charge on any atom is -0.480 e. The Balaban J connectivity index is 2.13. The summed E-state index contributed by atoms with van der Waals surface area (Å²) in [5, 5.41) is 17.2. The molecule has 0 saturated heterocycles. The second-order valence-electron chi connectivity index (χ2n) is 5.46. The van der Waals surface area contributed by atoms with E-state index >= 15 is 0 Å². The number of hydrogen-bond acceptors (Lipinski definition) is 5. The average molecular weight is 326 g/mol. The van der Waals surface area contributed by atoms with Gasteiger partial charge >= 0.3 is 5.97 Å². The van der Waals surface area contributed by atoms with Gasteiger partial charge in [0.1, 0.15) is 11.9 Å². The highest BCUT2D eigenvalue weighted by Crippen LogP contribution is 2.23. The maximum absolute atomic E-state index is 12.6. The summed E-state index contributed by atoms with van der Waals surface area (Å²) in [4.78, 5) is 25.6. The molecule has 8 heteroatoms. The Bertz CT molecular complexity index is 560. The lowest BCUT2D eigenvalue weighted by Gasteiger charge is -2.35. The molecule has 2 unspecified atom stereocenters. The van der Waals surface area contributed by atoms with Gasteiger partial charge in [0.15, 0.2) is 5.82 Å². The van der Waals surface area contributed by atoms with Gasteiger partial charge in [0.25, 0.3) is 0 Å². The largest absolute Gasteiger partial charge is 0.480 e. The van der Waals surface area contributed by atoms with Crippen molar-refractivity contribution in [3.63, 3.8) is 0 Å². The first kappa shape index (κ1) is 16.8. The van der Waals surface area contributed by atoms with Gasteiger partial charge in [-0.25, -0.2) is 4.79 Å². The van der Waals surface area contributed by atoms with E-state index in [2.05, 4.69) is 17.1 Å². The summed E-state index contributed by atoms with van der Waals surface area (Å²) in [5.74, 6) is 1.11. The fraction of sp³-hybridized carbons (Fsp3) is 0.714. The molecule has 0 aliphatic carbocycles. The van der Waals surface area contributed by atoms with Crippen molar-refractivity contribution in [3.05, 3.63) is 11.6 Å². The number of nitrogens with zero attached hydrogens (tertiary/aromatic N) is 4. The predicted octanol–water partition coefficient (Wildman–Crippen LogP) is 1.30. The molecule has 2 heterocycles. The number of carboxylic acid groups (broad SMARTS) is 1. The summed E-state index contributed by atoms with van der Waals surface area (Å²) in [6.07, 6.45) is 2.13. The van der Waals surface area contributed by atoms with E-state index in [1.54, 1.807) is 23.3 Å². The molecule has 0 spiro atoms. The van der Waals surface area contributed by atoms with E-state index in [0.29, 0.717) is 11.6 Å². The van der Waals surface area contributed by atoms with Crippen LogP contribution in [-0.4, -0.2) is 53.7 Å². The number of carbonyl (C=O) groups is 2. The zero-order valence-electron chi connectivity index (χ0n) is 13.2. The molecule has 7 nitrogen and oxygen atoms in total.